The fourth-order valence-corrected chi connectivity index (χ4v) is 4.93. The van der Waals surface area contributed by atoms with Crippen molar-refractivity contribution in [3.05, 3.63) is 0 Å². The van der Waals surface area contributed by atoms with E-state index in [1.165, 1.54) is 0 Å². The van der Waals surface area contributed by atoms with Crippen molar-refractivity contribution < 1.29 is 0 Å². The Hall–Kier alpha value is 0.460. The van der Waals surface area contributed by atoms with Gasteiger partial charge in [0.1, 0.15) is 11.0 Å². The van der Waals surface area contributed by atoms with Crippen LogP contribution in [0.4, 0.5) is 0 Å². The molecule has 6 nitrogen and oxygen atoms in total. The van der Waals surface area contributed by atoms with E-state index in [0.29, 0.717) is 23.3 Å². The topological polar surface area (TPSA) is 37.0 Å². The van der Waals surface area contributed by atoms with E-state index in [9.17, 15) is 0 Å². The maximum Gasteiger partial charge on any atom is 0.132 e. The second-order valence-electron chi connectivity index (χ2n) is 4.97. The molecule has 2 aliphatic rings. The van der Waals surface area contributed by atoms with E-state index in [2.05, 4.69) is 72.7 Å². The van der Waals surface area contributed by atoms with Crippen LogP contribution in [0, 0.1) is 0 Å². The van der Waals surface area contributed by atoms with Gasteiger partial charge in [0, 0.05) is 14.1 Å². The van der Waals surface area contributed by atoms with Crippen molar-refractivity contribution in [1.82, 2.24) is 30.7 Å². The third-order valence-corrected chi connectivity index (χ3v) is 6.68. The summed E-state index contributed by atoms with van der Waals surface area (Å²) in [6.07, 6.45) is 0.859. The SMILES string of the molecule is CC1N(C)NC(SSC2NN(C)C(C)N2C)N1C. The second kappa shape index (κ2) is 5.84. The molecular formula is C10H24N6S2. The molecule has 0 bridgehead atoms. The Bertz CT molecular complexity index is 266. The van der Waals surface area contributed by atoms with Crippen LogP contribution >= 0.6 is 21.6 Å². The minimum Gasteiger partial charge on any atom is -0.264 e. The molecule has 2 heterocycles. The monoisotopic (exact) mass is 292 g/mol. The van der Waals surface area contributed by atoms with Gasteiger partial charge in [0.15, 0.2) is 0 Å². The molecular weight excluding hydrogens is 268 g/mol. The molecule has 0 aromatic heterocycles. The first-order chi connectivity index (χ1) is 8.41. The van der Waals surface area contributed by atoms with Crippen LogP contribution in [0.2, 0.25) is 0 Å². The van der Waals surface area contributed by atoms with Crippen LogP contribution in [-0.2, 0) is 0 Å². The van der Waals surface area contributed by atoms with Gasteiger partial charge in [0.05, 0.1) is 12.3 Å². The summed E-state index contributed by atoms with van der Waals surface area (Å²) in [6, 6.07) is 0. The molecule has 0 saturated carbocycles. The van der Waals surface area contributed by atoms with E-state index < -0.39 is 0 Å². The van der Waals surface area contributed by atoms with Gasteiger partial charge < -0.3 is 0 Å². The van der Waals surface area contributed by atoms with Gasteiger partial charge in [-0.05, 0) is 27.9 Å². The fourth-order valence-electron chi connectivity index (χ4n) is 1.97. The molecule has 4 atom stereocenters. The lowest BCUT2D eigenvalue weighted by Gasteiger charge is -2.24. The molecule has 18 heavy (non-hydrogen) atoms. The number of hydrogen-bond acceptors (Lipinski definition) is 8. The van der Waals surface area contributed by atoms with Crippen molar-refractivity contribution >= 4 is 21.6 Å². The Morgan fingerprint density at radius 3 is 1.28 bits per heavy atom. The Morgan fingerprint density at radius 1 is 0.722 bits per heavy atom. The third kappa shape index (κ3) is 2.80. The fraction of sp³-hybridized carbons (Fsp3) is 1.00. The highest BCUT2D eigenvalue weighted by Gasteiger charge is 2.36. The first-order valence-corrected chi connectivity index (χ1v) is 8.43. The number of hydrogen-bond donors (Lipinski definition) is 2. The predicted molar refractivity (Wildman–Crippen MR) is 79.0 cm³/mol. The van der Waals surface area contributed by atoms with Crippen LogP contribution < -0.4 is 10.9 Å². The first kappa shape index (κ1) is 14.9. The maximum atomic E-state index is 3.46. The average Bonchev–Trinajstić information content (AvgIpc) is 2.72. The van der Waals surface area contributed by atoms with Crippen molar-refractivity contribution in [2.24, 2.45) is 0 Å². The van der Waals surface area contributed by atoms with Gasteiger partial charge in [-0.2, -0.15) is 0 Å². The van der Waals surface area contributed by atoms with Crippen LogP contribution in [0.1, 0.15) is 13.8 Å². The summed E-state index contributed by atoms with van der Waals surface area (Å²) in [6.45, 7) is 4.40. The summed E-state index contributed by atoms with van der Waals surface area (Å²) in [5.74, 6) is 0. The summed E-state index contributed by atoms with van der Waals surface area (Å²) in [7, 11) is 12.2. The summed E-state index contributed by atoms with van der Waals surface area (Å²) < 4.78 is 0. The minimum absolute atomic E-state index is 0.325. The molecule has 0 amide bonds. The molecule has 2 fully saturated rings. The Morgan fingerprint density at radius 2 is 1.06 bits per heavy atom. The summed E-state index contributed by atoms with van der Waals surface area (Å²) in [5, 5.41) is 4.30. The van der Waals surface area contributed by atoms with Crippen molar-refractivity contribution in [3.8, 4) is 0 Å². The van der Waals surface area contributed by atoms with Gasteiger partial charge in [-0.25, -0.2) is 20.9 Å². The lowest BCUT2D eigenvalue weighted by molar-refractivity contribution is 0.183. The molecule has 106 valence electrons. The Balaban J connectivity index is 1.82. The molecule has 0 aliphatic carbocycles. The summed E-state index contributed by atoms with van der Waals surface area (Å²) in [4.78, 5) is 4.67. The molecule has 2 aliphatic heterocycles. The lowest BCUT2D eigenvalue weighted by atomic mass is 10.5. The van der Waals surface area contributed by atoms with Crippen molar-refractivity contribution in [3.63, 3.8) is 0 Å². The zero-order chi connectivity index (χ0) is 13.4. The summed E-state index contributed by atoms with van der Waals surface area (Å²) >= 11 is 0. The number of rotatable bonds is 3. The first-order valence-electron chi connectivity index (χ1n) is 6.16. The molecule has 0 radical (unpaired) electrons. The molecule has 8 heteroatoms. The smallest absolute Gasteiger partial charge is 0.132 e. The van der Waals surface area contributed by atoms with Gasteiger partial charge in [-0.15, -0.1) is 0 Å². The molecule has 2 saturated heterocycles. The standard InChI is InChI=1S/C10H24N6S2/c1-7-13(3)9(11-15(7)5)17-18-10-12-16(6)8(2)14(10)4/h7-12H,1-6H3. The summed E-state index contributed by atoms with van der Waals surface area (Å²) in [5.41, 5.74) is 7.56. The Kier molecular flexibility index (Phi) is 4.82. The zero-order valence-electron chi connectivity index (χ0n) is 11.9. The number of nitrogens with one attached hydrogen (secondary N) is 2. The van der Waals surface area contributed by atoms with Crippen LogP contribution in [0.15, 0.2) is 0 Å². The molecule has 4 unspecified atom stereocenters. The van der Waals surface area contributed by atoms with E-state index in [4.69, 9.17) is 0 Å². The van der Waals surface area contributed by atoms with Crippen LogP contribution in [0.25, 0.3) is 0 Å². The van der Waals surface area contributed by atoms with Crippen molar-refractivity contribution in [2.75, 3.05) is 28.2 Å². The van der Waals surface area contributed by atoms with Gasteiger partial charge in [0.25, 0.3) is 0 Å². The molecule has 0 spiro atoms. The van der Waals surface area contributed by atoms with E-state index in [1.807, 2.05) is 21.6 Å². The zero-order valence-corrected chi connectivity index (χ0v) is 13.5. The van der Waals surface area contributed by atoms with E-state index in [1.54, 1.807) is 0 Å². The van der Waals surface area contributed by atoms with Crippen LogP contribution in [-0.4, -0.2) is 71.3 Å². The van der Waals surface area contributed by atoms with Crippen LogP contribution in [0.5, 0.6) is 0 Å². The van der Waals surface area contributed by atoms with Crippen molar-refractivity contribution in [1.29, 1.82) is 0 Å². The van der Waals surface area contributed by atoms with E-state index in [-0.39, 0.29) is 0 Å². The number of hydrazine groups is 2. The molecule has 2 N–H and O–H groups in total. The third-order valence-electron chi connectivity index (χ3n) is 3.91. The van der Waals surface area contributed by atoms with E-state index >= 15 is 0 Å². The average molecular weight is 292 g/mol. The van der Waals surface area contributed by atoms with E-state index in [0.717, 1.165) is 0 Å². The minimum atomic E-state index is 0.325. The highest BCUT2D eigenvalue weighted by molar-refractivity contribution is 8.77. The largest absolute Gasteiger partial charge is 0.264 e. The predicted octanol–water partition coefficient (Wildman–Crippen LogP) is 0.391. The molecule has 2 rings (SSSR count). The molecule has 0 aromatic rings. The highest BCUT2D eigenvalue weighted by atomic mass is 33.1. The van der Waals surface area contributed by atoms with Gasteiger partial charge >= 0.3 is 0 Å². The van der Waals surface area contributed by atoms with Gasteiger partial charge in [-0.1, -0.05) is 21.6 Å². The number of nitrogens with zero attached hydrogens (tertiary/aromatic N) is 4. The Labute approximate surface area is 118 Å². The second-order valence-corrected chi connectivity index (χ2v) is 7.40. The highest BCUT2D eigenvalue weighted by Crippen LogP contribution is 2.36. The quantitative estimate of drug-likeness (QED) is 0.724. The normalized spacial score (nSPS) is 41.0. The molecule has 0 aromatic carbocycles. The van der Waals surface area contributed by atoms with Crippen LogP contribution in [0.3, 0.4) is 0 Å². The van der Waals surface area contributed by atoms with Crippen molar-refractivity contribution in [2.45, 2.75) is 37.2 Å². The van der Waals surface area contributed by atoms with Gasteiger partial charge in [-0.3, -0.25) is 9.80 Å². The van der Waals surface area contributed by atoms with Gasteiger partial charge in [0.2, 0.25) is 0 Å². The maximum absolute atomic E-state index is 3.46. The lowest BCUT2D eigenvalue weighted by Crippen LogP contribution is -2.35.